The summed E-state index contributed by atoms with van der Waals surface area (Å²) in [6.45, 7) is 0.110. The second-order valence-corrected chi connectivity index (χ2v) is 5.93. The number of carbonyl (C=O) groups is 1. The first-order valence-corrected chi connectivity index (χ1v) is 8.46. The van der Waals surface area contributed by atoms with E-state index in [1.807, 2.05) is 12.1 Å². The maximum atomic E-state index is 13.2. The molecular formula is C21H17F3N2O2. The molecule has 3 rings (SSSR count). The fourth-order valence-corrected chi connectivity index (χ4v) is 2.47. The smallest absolute Gasteiger partial charge is 0.262 e. The van der Waals surface area contributed by atoms with Gasteiger partial charge in [0.15, 0.2) is 18.2 Å². The van der Waals surface area contributed by atoms with Gasteiger partial charge in [-0.25, -0.2) is 13.2 Å². The zero-order chi connectivity index (χ0) is 19.9. The van der Waals surface area contributed by atoms with E-state index in [0.717, 1.165) is 23.4 Å². The predicted molar refractivity (Wildman–Crippen MR) is 101 cm³/mol. The lowest BCUT2D eigenvalue weighted by Crippen LogP contribution is -2.20. The first kappa shape index (κ1) is 19.3. The molecule has 0 heterocycles. The summed E-state index contributed by atoms with van der Waals surface area (Å²) in [5.74, 6) is -2.36. The van der Waals surface area contributed by atoms with Crippen molar-refractivity contribution in [2.75, 3.05) is 17.2 Å². The van der Waals surface area contributed by atoms with Crippen LogP contribution >= 0.6 is 0 Å². The van der Waals surface area contributed by atoms with Crippen molar-refractivity contribution >= 4 is 17.3 Å². The van der Waals surface area contributed by atoms with Gasteiger partial charge in [0.1, 0.15) is 11.6 Å². The molecule has 0 aliphatic rings. The monoisotopic (exact) mass is 386 g/mol. The second-order valence-electron chi connectivity index (χ2n) is 5.93. The van der Waals surface area contributed by atoms with Crippen molar-refractivity contribution in [3.8, 4) is 5.75 Å². The third-order valence-electron chi connectivity index (χ3n) is 3.86. The first-order chi connectivity index (χ1) is 13.5. The van der Waals surface area contributed by atoms with E-state index in [9.17, 15) is 18.0 Å². The minimum absolute atomic E-state index is 0.138. The topological polar surface area (TPSA) is 50.4 Å². The van der Waals surface area contributed by atoms with Crippen LogP contribution in [0.5, 0.6) is 5.75 Å². The Hall–Kier alpha value is -3.48. The third kappa shape index (κ3) is 5.26. The van der Waals surface area contributed by atoms with Gasteiger partial charge in [0.25, 0.3) is 5.91 Å². The number of hydrogen-bond donors (Lipinski definition) is 2. The van der Waals surface area contributed by atoms with Crippen LogP contribution in [0, 0.1) is 17.5 Å². The van der Waals surface area contributed by atoms with E-state index in [1.165, 1.54) is 18.2 Å². The molecule has 0 saturated heterocycles. The largest absolute Gasteiger partial charge is 0.483 e. The van der Waals surface area contributed by atoms with Crippen molar-refractivity contribution in [2.45, 2.75) is 6.54 Å². The quantitative estimate of drug-likeness (QED) is 0.617. The van der Waals surface area contributed by atoms with Crippen LogP contribution in [0.15, 0.2) is 66.7 Å². The van der Waals surface area contributed by atoms with Crippen LogP contribution in [0.4, 0.5) is 24.5 Å². The van der Waals surface area contributed by atoms with Gasteiger partial charge in [-0.2, -0.15) is 0 Å². The maximum Gasteiger partial charge on any atom is 0.262 e. The Balaban J connectivity index is 1.57. The van der Waals surface area contributed by atoms with Crippen LogP contribution in [-0.2, 0) is 11.3 Å². The SMILES string of the molecule is O=C(COc1ccccc1CNc1ccc(F)cc1)Nc1ccc(F)c(F)c1. The summed E-state index contributed by atoms with van der Waals surface area (Å²) in [5, 5.41) is 5.58. The Morgan fingerprint density at radius 3 is 2.32 bits per heavy atom. The lowest BCUT2D eigenvalue weighted by molar-refractivity contribution is -0.118. The lowest BCUT2D eigenvalue weighted by atomic mass is 10.2. The van der Waals surface area contributed by atoms with E-state index in [2.05, 4.69) is 10.6 Å². The van der Waals surface area contributed by atoms with Gasteiger partial charge in [-0.15, -0.1) is 0 Å². The Bertz CT molecular complexity index is 962. The highest BCUT2D eigenvalue weighted by molar-refractivity contribution is 5.91. The highest BCUT2D eigenvalue weighted by atomic mass is 19.2. The lowest BCUT2D eigenvalue weighted by Gasteiger charge is -2.13. The Labute approximate surface area is 160 Å². The number of ether oxygens (including phenoxy) is 1. The molecule has 3 aromatic rings. The van der Waals surface area contributed by atoms with Crippen molar-refractivity contribution in [1.82, 2.24) is 0 Å². The summed E-state index contributed by atoms with van der Waals surface area (Å²) in [7, 11) is 0. The van der Waals surface area contributed by atoms with Crippen molar-refractivity contribution in [2.24, 2.45) is 0 Å². The molecule has 144 valence electrons. The highest BCUT2D eigenvalue weighted by Crippen LogP contribution is 2.20. The Morgan fingerprint density at radius 2 is 1.57 bits per heavy atom. The van der Waals surface area contributed by atoms with Crippen molar-refractivity contribution in [1.29, 1.82) is 0 Å². The summed E-state index contributed by atoms with van der Waals surface area (Å²) in [6.07, 6.45) is 0. The molecule has 1 amide bonds. The number of benzene rings is 3. The van der Waals surface area contributed by atoms with Gasteiger partial charge in [0.2, 0.25) is 0 Å². The summed E-state index contributed by atoms with van der Waals surface area (Å²) in [4.78, 5) is 12.0. The zero-order valence-electron chi connectivity index (χ0n) is 14.7. The number of anilines is 2. The van der Waals surface area contributed by atoms with Gasteiger partial charge in [-0.05, 0) is 42.5 Å². The molecule has 0 aliphatic heterocycles. The molecule has 0 atom stereocenters. The van der Waals surface area contributed by atoms with E-state index in [1.54, 1.807) is 24.3 Å². The normalized spacial score (nSPS) is 10.4. The average molecular weight is 386 g/mol. The van der Waals surface area contributed by atoms with E-state index in [4.69, 9.17) is 4.74 Å². The molecule has 7 heteroatoms. The Morgan fingerprint density at radius 1 is 0.857 bits per heavy atom. The van der Waals surface area contributed by atoms with E-state index in [-0.39, 0.29) is 18.1 Å². The molecule has 0 fully saturated rings. The minimum Gasteiger partial charge on any atom is -0.483 e. The van der Waals surface area contributed by atoms with Crippen molar-refractivity contribution in [3.63, 3.8) is 0 Å². The van der Waals surface area contributed by atoms with Crippen LogP contribution in [0.25, 0.3) is 0 Å². The van der Waals surface area contributed by atoms with E-state index >= 15 is 0 Å². The molecular weight excluding hydrogens is 369 g/mol. The van der Waals surface area contributed by atoms with E-state index in [0.29, 0.717) is 12.3 Å². The van der Waals surface area contributed by atoms with Gasteiger partial charge in [-0.3, -0.25) is 4.79 Å². The second kappa shape index (κ2) is 8.94. The minimum atomic E-state index is -1.05. The van der Waals surface area contributed by atoms with Crippen LogP contribution in [0.2, 0.25) is 0 Å². The zero-order valence-corrected chi connectivity index (χ0v) is 14.7. The molecule has 2 N–H and O–H groups in total. The molecule has 0 spiro atoms. The summed E-state index contributed by atoms with van der Waals surface area (Å²) in [5.41, 5.74) is 1.68. The van der Waals surface area contributed by atoms with Gasteiger partial charge in [-0.1, -0.05) is 18.2 Å². The predicted octanol–water partition coefficient (Wildman–Crippen LogP) is 4.73. The number of hydrogen-bond acceptors (Lipinski definition) is 3. The molecule has 0 aliphatic carbocycles. The highest BCUT2D eigenvalue weighted by Gasteiger charge is 2.09. The number of rotatable bonds is 7. The van der Waals surface area contributed by atoms with Crippen LogP contribution in [-0.4, -0.2) is 12.5 Å². The third-order valence-corrected chi connectivity index (χ3v) is 3.86. The molecule has 0 aromatic heterocycles. The van der Waals surface area contributed by atoms with Gasteiger partial charge >= 0.3 is 0 Å². The summed E-state index contributed by atoms with van der Waals surface area (Å²) in [6, 6.07) is 16.2. The maximum absolute atomic E-state index is 13.2. The first-order valence-electron chi connectivity index (χ1n) is 8.46. The van der Waals surface area contributed by atoms with Gasteiger partial charge in [0.05, 0.1) is 0 Å². The number of nitrogens with one attached hydrogen (secondary N) is 2. The fourth-order valence-electron chi connectivity index (χ4n) is 2.47. The standard InChI is InChI=1S/C21H17F3N2O2/c22-15-5-7-16(8-6-15)25-12-14-3-1-2-4-20(14)28-13-21(27)26-17-9-10-18(23)19(24)11-17/h1-11,25H,12-13H2,(H,26,27). The molecule has 4 nitrogen and oxygen atoms in total. The van der Waals surface area contributed by atoms with Crippen LogP contribution < -0.4 is 15.4 Å². The van der Waals surface area contributed by atoms with E-state index < -0.39 is 17.5 Å². The van der Waals surface area contributed by atoms with Crippen LogP contribution in [0.1, 0.15) is 5.56 Å². The summed E-state index contributed by atoms with van der Waals surface area (Å²) < 4.78 is 44.6. The molecule has 0 radical (unpaired) electrons. The number of para-hydroxylation sites is 1. The number of halogens is 3. The summed E-state index contributed by atoms with van der Waals surface area (Å²) >= 11 is 0. The molecule has 3 aromatic carbocycles. The molecule has 0 saturated carbocycles. The average Bonchev–Trinajstić information content (AvgIpc) is 2.69. The van der Waals surface area contributed by atoms with Crippen molar-refractivity contribution < 1.29 is 22.7 Å². The van der Waals surface area contributed by atoms with Gasteiger partial charge < -0.3 is 15.4 Å². The van der Waals surface area contributed by atoms with Crippen LogP contribution in [0.3, 0.4) is 0 Å². The number of amides is 1. The molecule has 0 bridgehead atoms. The molecule has 28 heavy (non-hydrogen) atoms. The Kier molecular flexibility index (Phi) is 6.16. The fraction of sp³-hybridized carbons (Fsp3) is 0.0952. The molecule has 0 unspecified atom stereocenters. The number of carbonyl (C=O) groups excluding carboxylic acids is 1. The van der Waals surface area contributed by atoms with Crippen molar-refractivity contribution in [3.05, 3.63) is 89.7 Å². The van der Waals surface area contributed by atoms with Gasteiger partial charge in [0, 0.05) is 29.5 Å².